The molecule has 1 aliphatic heterocycles. The normalized spacial score (nSPS) is 18.1. The summed E-state index contributed by atoms with van der Waals surface area (Å²) in [5, 5.41) is 0.903. The lowest BCUT2D eigenvalue weighted by atomic mass is 9.93. The molecular formula is C18H18BrFO. The molecule has 0 saturated heterocycles. The van der Waals surface area contributed by atoms with E-state index in [1.165, 1.54) is 17.2 Å². The summed E-state index contributed by atoms with van der Waals surface area (Å²) in [5.74, 6) is 1.06. The first kappa shape index (κ1) is 14.6. The van der Waals surface area contributed by atoms with E-state index >= 15 is 0 Å². The van der Waals surface area contributed by atoms with Gasteiger partial charge in [0.1, 0.15) is 17.7 Å². The molecule has 110 valence electrons. The van der Waals surface area contributed by atoms with E-state index in [4.69, 9.17) is 4.74 Å². The Hall–Kier alpha value is -1.35. The summed E-state index contributed by atoms with van der Waals surface area (Å²) in [7, 11) is 0. The van der Waals surface area contributed by atoms with Crippen LogP contribution in [0.3, 0.4) is 0 Å². The van der Waals surface area contributed by atoms with Crippen molar-refractivity contribution in [1.82, 2.24) is 0 Å². The Morgan fingerprint density at radius 3 is 2.71 bits per heavy atom. The van der Waals surface area contributed by atoms with E-state index in [-0.39, 0.29) is 11.9 Å². The molecule has 0 spiro atoms. The van der Waals surface area contributed by atoms with E-state index in [2.05, 4.69) is 47.1 Å². The molecule has 21 heavy (non-hydrogen) atoms. The van der Waals surface area contributed by atoms with Gasteiger partial charge in [0.05, 0.1) is 0 Å². The van der Waals surface area contributed by atoms with Gasteiger partial charge in [0.2, 0.25) is 0 Å². The molecule has 0 aromatic heterocycles. The second-order valence-corrected chi connectivity index (χ2v) is 6.34. The number of rotatable bonds is 4. The molecular weight excluding hydrogens is 331 g/mol. The van der Waals surface area contributed by atoms with Gasteiger partial charge >= 0.3 is 0 Å². The van der Waals surface area contributed by atoms with Gasteiger partial charge < -0.3 is 4.74 Å². The number of fused-ring (bicyclic) bond motifs is 1. The van der Waals surface area contributed by atoms with Gasteiger partial charge in [-0.2, -0.15) is 0 Å². The minimum Gasteiger partial charge on any atom is -0.490 e. The lowest BCUT2D eigenvalue weighted by Crippen LogP contribution is -2.18. The Morgan fingerprint density at radius 2 is 2.00 bits per heavy atom. The van der Waals surface area contributed by atoms with Crippen LogP contribution < -0.4 is 4.74 Å². The Labute approximate surface area is 133 Å². The standard InChI is InChI=1S/C18H18BrFO/c1-12-2-4-13(5-3-12)15(11-19)10-17-9-14-8-16(20)6-7-18(14)21-17/h2-8,15,17H,9-11H2,1H3. The van der Waals surface area contributed by atoms with Crippen molar-refractivity contribution in [2.45, 2.75) is 31.8 Å². The molecule has 0 amide bonds. The number of hydrogen-bond donors (Lipinski definition) is 0. The van der Waals surface area contributed by atoms with E-state index in [0.29, 0.717) is 5.92 Å². The molecule has 2 aromatic rings. The van der Waals surface area contributed by atoms with Crippen molar-refractivity contribution >= 4 is 15.9 Å². The van der Waals surface area contributed by atoms with Gasteiger partial charge in [-0.25, -0.2) is 4.39 Å². The SMILES string of the molecule is Cc1ccc(C(CBr)CC2Cc3cc(F)ccc3O2)cc1. The first-order valence-corrected chi connectivity index (χ1v) is 8.35. The highest BCUT2D eigenvalue weighted by Gasteiger charge is 2.26. The monoisotopic (exact) mass is 348 g/mol. The van der Waals surface area contributed by atoms with Crippen LogP contribution in [0.1, 0.15) is 29.0 Å². The van der Waals surface area contributed by atoms with Crippen LogP contribution in [0.5, 0.6) is 5.75 Å². The van der Waals surface area contributed by atoms with Crippen LogP contribution in [0.4, 0.5) is 4.39 Å². The minimum absolute atomic E-state index is 0.130. The van der Waals surface area contributed by atoms with E-state index < -0.39 is 0 Å². The smallest absolute Gasteiger partial charge is 0.123 e. The molecule has 2 unspecified atom stereocenters. The van der Waals surface area contributed by atoms with Crippen LogP contribution in [0.2, 0.25) is 0 Å². The van der Waals surface area contributed by atoms with Gasteiger partial charge in [0.15, 0.2) is 0 Å². The van der Waals surface area contributed by atoms with E-state index in [9.17, 15) is 4.39 Å². The Balaban J connectivity index is 1.70. The number of alkyl halides is 1. The number of benzene rings is 2. The molecule has 3 heteroatoms. The third-order valence-electron chi connectivity index (χ3n) is 4.05. The Morgan fingerprint density at radius 1 is 1.24 bits per heavy atom. The summed E-state index contributed by atoms with van der Waals surface area (Å²) < 4.78 is 19.2. The van der Waals surface area contributed by atoms with Crippen molar-refractivity contribution < 1.29 is 9.13 Å². The molecule has 3 rings (SSSR count). The fraction of sp³-hybridized carbons (Fsp3) is 0.333. The van der Waals surface area contributed by atoms with Crippen molar-refractivity contribution in [3.8, 4) is 5.75 Å². The topological polar surface area (TPSA) is 9.23 Å². The number of hydrogen-bond acceptors (Lipinski definition) is 1. The van der Waals surface area contributed by atoms with Crippen molar-refractivity contribution in [3.05, 3.63) is 65.0 Å². The van der Waals surface area contributed by atoms with Gasteiger partial charge in [-0.15, -0.1) is 0 Å². The lowest BCUT2D eigenvalue weighted by molar-refractivity contribution is 0.213. The summed E-state index contributed by atoms with van der Waals surface area (Å²) in [5.41, 5.74) is 3.58. The summed E-state index contributed by atoms with van der Waals surface area (Å²) in [6.45, 7) is 2.10. The van der Waals surface area contributed by atoms with Crippen molar-refractivity contribution in [3.63, 3.8) is 0 Å². The largest absolute Gasteiger partial charge is 0.490 e. The molecule has 0 N–H and O–H groups in total. The fourth-order valence-electron chi connectivity index (χ4n) is 2.86. The molecule has 0 fully saturated rings. The first-order valence-electron chi connectivity index (χ1n) is 7.23. The summed E-state index contributed by atoms with van der Waals surface area (Å²) in [6, 6.07) is 13.4. The second-order valence-electron chi connectivity index (χ2n) is 5.69. The van der Waals surface area contributed by atoms with E-state index in [1.807, 2.05) is 0 Å². The van der Waals surface area contributed by atoms with E-state index in [0.717, 1.165) is 29.5 Å². The highest BCUT2D eigenvalue weighted by Crippen LogP contribution is 2.34. The fourth-order valence-corrected chi connectivity index (χ4v) is 3.50. The molecule has 1 aliphatic rings. The molecule has 2 aromatic carbocycles. The minimum atomic E-state index is -0.187. The summed E-state index contributed by atoms with van der Waals surface area (Å²) in [4.78, 5) is 0. The second kappa shape index (κ2) is 6.18. The van der Waals surface area contributed by atoms with Crippen LogP contribution in [0, 0.1) is 12.7 Å². The zero-order valence-corrected chi connectivity index (χ0v) is 13.6. The molecule has 0 radical (unpaired) electrons. The number of halogens is 2. The number of aryl methyl sites for hydroxylation is 1. The third kappa shape index (κ3) is 3.29. The average Bonchev–Trinajstić information content (AvgIpc) is 2.87. The molecule has 0 saturated carbocycles. The van der Waals surface area contributed by atoms with Crippen molar-refractivity contribution in [2.75, 3.05) is 5.33 Å². The van der Waals surface area contributed by atoms with Crippen LogP contribution >= 0.6 is 15.9 Å². The van der Waals surface area contributed by atoms with Crippen molar-refractivity contribution in [1.29, 1.82) is 0 Å². The maximum Gasteiger partial charge on any atom is 0.123 e. The summed E-state index contributed by atoms with van der Waals surface area (Å²) >= 11 is 3.61. The van der Waals surface area contributed by atoms with E-state index in [1.54, 1.807) is 12.1 Å². The molecule has 1 nitrogen and oxygen atoms in total. The third-order valence-corrected chi connectivity index (χ3v) is 4.83. The van der Waals surface area contributed by atoms with Gasteiger partial charge in [-0.3, -0.25) is 0 Å². The maximum atomic E-state index is 13.3. The van der Waals surface area contributed by atoms with Crippen molar-refractivity contribution in [2.24, 2.45) is 0 Å². The Bertz CT molecular complexity index is 624. The van der Waals surface area contributed by atoms with Crippen LogP contribution in [0.15, 0.2) is 42.5 Å². The highest BCUT2D eigenvalue weighted by atomic mass is 79.9. The first-order chi connectivity index (χ1) is 10.2. The highest BCUT2D eigenvalue weighted by molar-refractivity contribution is 9.09. The summed E-state index contributed by atoms with van der Waals surface area (Å²) in [6.07, 6.45) is 1.86. The molecule has 1 heterocycles. The lowest BCUT2D eigenvalue weighted by Gasteiger charge is -2.19. The molecule has 0 bridgehead atoms. The zero-order valence-electron chi connectivity index (χ0n) is 12.0. The predicted molar refractivity (Wildman–Crippen MR) is 86.9 cm³/mol. The predicted octanol–water partition coefficient (Wildman–Crippen LogP) is 5.01. The number of ether oxygens (including phenoxy) is 1. The molecule has 2 atom stereocenters. The average molecular weight is 349 g/mol. The van der Waals surface area contributed by atoms with Crippen LogP contribution in [-0.4, -0.2) is 11.4 Å². The Kier molecular flexibility index (Phi) is 4.29. The van der Waals surface area contributed by atoms with Crippen LogP contribution in [-0.2, 0) is 6.42 Å². The van der Waals surface area contributed by atoms with Gasteiger partial charge in [0.25, 0.3) is 0 Å². The van der Waals surface area contributed by atoms with Gasteiger partial charge in [-0.05, 0) is 43.0 Å². The zero-order chi connectivity index (χ0) is 14.8. The van der Waals surface area contributed by atoms with Gasteiger partial charge in [-0.1, -0.05) is 45.8 Å². The maximum absolute atomic E-state index is 13.3. The molecule has 0 aliphatic carbocycles. The van der Waals surface area contributed by atoms with Gasteiger partial charge in [0, 0.05) is 17.3 Å². The quantitative estimate of drug-likeness (QED) is 0.706. The van der Waals surface area contributed by atoms with Crippen LogP contribution in [0.25, 0.3) is 0 Å².